The van der Waals surface area contributed by atoms with Crippen LogP contribution in [0.1, 0.15) is 25.7 Å². The summed E-state index contributed by atoms with van der Waals surface area (Å²) < 4.78 is 28.1. The van der Waals surface area contributed by atoms with Crippen molar-refractivity contribution in [1.82, 2.24) is 0 Å². The number of aliphatic hydroxyl groups is 4. The van der Waals surface area contributed by atoms with Gasteiger partial charge in [0, 0.05) is 30.6 Å². The summed E-state index contributed by atoms with van der Waals surface area (Å²) >= 11 is 0. The van der Waals surface area contributed by atoms with E-state index in [0.29, 0.717) is 12.8 Å². The number of hydrogen-bond acceptors (Lipinski definition) is 11. The van der Waals surface area contributed by atoms with Crippen molar-refractivity contribution in [2.24, 2.45) is 0 Å². The third-order valence-corrected chi connectivity index (χ3v) is 5.30. The van der Waals surface area contributed by atoms with Gasteiger partial charge in [-0.2, -0.15) is 0 Å². The van der Waals surface area contributed by atoms with E-state index in [9.17, 15) is 30.5 Å². The minimum atomic E-state index is -1.47. The van der Waals surface area contributed by atoms with Gasteiger partial charge in [-0.15, -0.1) is 0 Å². The molecule has 0 saturated carbocycles. The first kappa shape index (κ1) is 22.7. The van der Waals surface area contributed by atoms with E-state index < -0.39 is 60.2 Å². The Morgan fingerprint density at radius 1 is 0.931 bits per heavy atom. The molecule has 3 rings (SSSR count). The molecule has 3 fully saturated rings. The molecule has 168 valence electrons. The van der Waals surface area contributed by atoms with Crippen LogP contribution in [-0.4, -0.2) is 107 Å². The average Bonchev–Trinajstić information content (AvgIpc) is 2.67. The molecule has 3 heterocycles. The quantitative estimate of drug-likeness (QED) is 0.268. The van der Waals surface area contributed by atoms with E-state index >= 15 is 0 Å². The fraction of sp³-hybridized carbons (Fsp3) is 1.00. The first-order valence-corrected chi connectivity index (χ1v) is 9.80. The maximum Gasteiger partial charge on any atom is 0.288 e. The highest BCUT2D eigenvalue weighted by molar-refractivity contribution is 4.84. The van der Waals surface area contributed by atoms with Crippen LogP contribution in [0.5, 0.6) is 0 Å². The van der Waals surface area contributed by atoms with Crippen LogP contribution in [0, 0.1) is 10.1 Å². The molecule has 0 amide bonds. The lowest BCUT2D eigenvalue weighted by Gasteiger charge is -2.39. The van der Waals surface area contributed by atoms with Gasteiger partial charge < -0.3 is 44.1 Å². The summed E-state index contributed by atoms with van der Waals surface area (Å²) in [7, 11) is 0. The normalized spacial score (nSPS) is 43.8. The van der Waals surface area contributed by atoms with Gasteiger partial charge in [0.15, 0.2) is 6.29 Å². The lowest BCUT2D eigenvalue weighted by Crippen LogP contribution is -2.56. The largest absolute Gasteiger partial charge is 0.394 e. The molecule has 0 aliphatic carbocycles. The minimum absolute atomic E-state index is 0.0533. The topological polar surface area (TPSA) is 170 Å². The summed E-state index contributed by atoms with van der Waals surface area (Å²) in [5.74, 6) is 0. The van der Waals surface area contributed by atoms with Gasteiger partial charge in [-0.25, -0.2) is 0 Å². The standard InChI is InChI=1S/C17H29NO11/c19-5-10-1-9(21)2-15(26-10)27-12-3-13(8-25-7-12)29-17-16(18(23)24)14(22)4-11(6-20)28-17/h9-17,19-22H,1-8H2/t9-,10-,11-,12+,13-,14-,15-,16+,17-/m1/s1. The predicted molar refractivity (Wildman–Crippen MR) is 93.3 cm³/mol. The molecular weight excluding hydrogens is 394 g/mol. The van der Waals surface area contributed by atoms with E-state index in [1.54, 1.807) is 0 Å². The molecule has 0 unspecified atom stereocenters. The summed E-state index contributed by atoms with van der Waals surface area (Å²) in [5, 5.41) is 49.8. The molecule has 0 radical (unpaired) electrons. The van der Waals surface area contributed by atoms with Gasteiger partial charge in [0.2, 0.25) is 6.29 Å². The summed E-state index contributed by atoms with van der Waals surface area (Å²) in [6.07, 6.45) is -5.40. The van der Waals surface area contributed by atoms with Crippen molar-refractivity contribution in [3.8, 4) is 0 Å². The highest BCUT2D eigenvalue weighted by Gasteiger charge is 2.48. The predicted octanol–water partition coefficient (Wildman–Crippen LogP) is -1.85. The molecule has 4 N–H and O–H groups in total. The van der Waals surface area contributed by atoms with Crippen LogP contribution in [0.3, 0.4) is 0 Å². The summed E-state index contributed by atoms with van der Waals surface area (Å²) in [6, 6.07) is -1.47. The van der Waals surface area contributed by atoms with E-state index in [4.69, 9.17) is 23.7 Å². The zero-order chi connectivity index (χ0) is 21.0. The van der Waals surface area contributed by atoms with E-state index in [-0.39, 0.29) is 39.3 Å². The van der Waals surface area contributed by atoms with Crippen LogP contribution in [0.2, 0.25) is 0 Å². The van der Waals surface area contributed by atoms with Crippen molar-refractivity contribution in [2.75, 3.05) is 26.4 Å². The number of aliphatic hydroxyl groups excluding tert-OH is 4. The van der Waals surface area contributed by atoms with Gasteiger partial charge in [0.25, 0.3) is 6.04 Å². The Hall–Kier alpha value is -0.960. The summed E-state index contributed by atoms with van der Waals surface area (Å²) in [5.41, 5.74) is 0. The number of nitro groups is 1. The van der Waals surface area contributed by atoms with Crippen LogP contribution >= 0.6 is 0 Å². The molecule has 9 atom stereocenters. The SMILES string of the molecule is O=[N+]([O-])[C@@H]1[C@@H](O[C@H]2COC[C@@H](O[C@@H]3C[C@H](O)C[C@H](CO)O3)C2)O[C@@H](CO)C[C@H]1O. The van der Waals surface area contributed by atoms with Gasteiger partial charge in [0.1, 0.15) is 6.10 Å². The lowest BCUT2D eigenvalue weighted by molar-refractivity contribution is -0.571. The van der Waals surface area contributed by atoms with Crippen molar-refractivity contribution in [3.63, 3.8) is 0 Å². The second kappa shape index (κ2) is 10.4. The Morgan fingerprint density at radius 2 is 1.59 bits per heavy atom. The van der Waals surface area contributed by atoms with Gasteiger partial charge in [-0.05, 0) is 0 Å². The molecular formula is C17H29NO11. The monoisotopic (exact) mass is 423 g/mol. The molecule has 3 saturated heterocycles. The number of hydrogen-bond donors (Lipinski definition) is 4. The first-order valence-electron chi connectivity index (χ1n) is 9.80. The van der Waals surface area contributed by atoms with E-state index in [1.807, 2.05) is 0 Å². The highest BCUT2D eigenvalue weighted by Crippen LogP contribution is 2.28. The van der Waals surface area contributed by atoms with Crippen molar-refractivity contribution < 1.29 is 49.0 Å². The lowest BCUT2D eigenvalue weighted by atomic mass is 10.0. The molecule has 12 heteroatoms. The van der Waals surface area contributed by atoms with Crippen LogP contribution in [0.25, 0.3) is 0 Å². The Kier molecular flexibility index (Phi) is 8.13. The van der Waals surface area contributed by atoms with Crippen LogP contribution in [0.4, 0.5) is 0 Å². The zero-order valence-corrected chi connectivity index (χ0v) is 15.9. The molecule has 0 aromatic carbocycles. The van der Waals surface area contributed by atoms with Crippen molar-refractivity contribution >= 4 is 0 Å². The smallest absolute Gasteiger partial charge is 0.288 e. The van der Waals surface area contributed by atoms with Gasteiger partial charge in [0.05, 0.1) is 56.9 Å². The van der Waals surface area contributed by atoms with Gasteiger partial charge >= 0.3 is 0 Å². The fourth-order valence-electron chi connectivity index (χ4n) is 3.89. The molecule has 29 heavy (non-hydrogen) atoms. The molecule has 12 nitrogen and oxygen atoms in total. The zero-order valence-electron chi connectivity index (χ0n) is 15.9. The Balaban J connectivity index is 1.56. The maximum absolute atomic E-state index is 11.3. The number of ether oxygens (including phenoxy) is 5. The van der Waals surface area contributed by atoms with Crippen molar-refractivity contribution in [1.29, 1.82) is 0 Å². The van der Waals surface area contributed by atoms with E-state index in [0.717, 1.165) is 0 Å². The third-order valence-electron chi connectivity index (χ3n) is 5.30. The Morgan fingerprint density at radius 3 is 2.24 bits per heavy atom. The first-order chi connectivity index (χ1) is 13.9. The Labute approximate surface area is 167 Å². The summed E-state index contributed by atoms with van der Waals surface area (Å²) in [6.45, 7) is -0.190. The Bertz CT molecular complexity index is 538. The van der Waals surface area contributed by atoms with Crippen LogP contribution in [-0.2, 0) is 23.7 Å². The molecule has 3 aliphatic rings. The second-order valence-corrected chi connectivity index (χ2v) is 7.67. The molecule has 3 aliphatic heterocycles. The van der Waals surface area contributed by atoms with E-state index in [2.05, 4.69) is 0 Å². The second-order valence-electron chi connectivity index (χ2n) is 7.67. The number of nitrogens with zero attached hydrogens (tertiary/aromatic N) is 1. The highest BCUT2D eigenvalue weighted by atomic mass is 16.7. The minimum Gasteiger partial charge on any atom is -0.394 e. The van der Waals surface area contributed by atoms with Crippen LogP contribution in [0.15, 0.2) is 0 Å². The molecule has 0 spiro atoms. The van der Waals surface area contributed by atoms with Crippen LogP contribution < -0.4 is 0 Å². The fourth-order valence-corrected chi connectivity index (χ4v) is 3.89. The molecule has 0 bridgehead atoms. The van der Waals surface area contributed by atoms with Gasteiger partial charge in [-0.3, -0.25) is 10.1 Å². The molecule has 0 aromatic rings. The van der Waals surface area contributed by atoms with Crippen molar-refractivity contribution in [3.05, 3.63) is 10.1 Å². The molecule has 0 aromatic heterocycles. The van der Waals surface area contributed by atoms with Crippen molar-refractivity contribution in [2.45, 2.75) is 80.9 Å². The van der Waals surface area contributed by atoms with Gasteiger partial charge in [-0.1, -0.05) is 0 Å². The summed E-state index contributed by atoms with van der Waals surface area (Å²) in [4.78, 5) is 10.7. The third kappa shape index (κ3) is 6.03. The average molecular weight is 423 g/mol. The number of rotatable bonds is 7. The van der Waals surface area contributed by atoms with E-state index in [1.165, 1.54) is 0 Å². The maximum atomic E-state index is 11.3.